The van der Waals surface area contributed by atoms with Crippen molar-refractivity contribution < 1.29 is 18.7 Å². The van der Waals surface area contributed by atoms with Crippen LogP contribution in [0.2, 0.25) is 0 Å². The van der Waals surface area contributed by atoms with Crippen LogP contribution in [0.1, 0.15) is 15.9 Å². The number of furan rings is 1. The Labute approximate surface area is 188 Å². The molecule has 0 radical (unpaired) electrons. The highest BCUT2D eigenvalue weighted by molar-refractivity contribution is 7.99. The summed E-state index contributed by atoms with van der Waals surface area (Å²) in [6.45, 7) is 0.527. The molecule has 1 amide bonds. The third-order valence-corrected chi connectivity index (χ3v) is 5.55. The monoisotopic (exact) mass is 448 g/mol. The molecule has 0 atom stereocenters. The first kappa shape index (κ1) is 21.4. The van der Waals surface area contributed by atoms with Crippen molar-refractivity contribution in [3.63, 3.8) is 0 Å². The minimum Gasteiger partial charge on any atom is -0.465 e. The van der Waals surface area contributed by atoms with Crippen molar-refractivity contribution in [3.8, 4) is 11.6 Å². The number of methoxy groups -OCH3 is 1. The highest BCUT2D eigenvalue weighted by atomic mass is 32.2. The molecule has 4 rings (SSSR count). The van der Waals surface area contributed by atoms with Gasteiger partial charge in [0, 0.05) is 0 Å². The fourth-order valence-corrected chi connectivity index (χ4v) is 3.83. The average molecular weight is 449 g/mol. The molecule has 4 aromatic rings. The number of hydrogen-bond acceptors (Lipinski definition) is 7. The zero-order chi connectivity index (χ0) is 22.3. The summed E-state index contributed by atoms with van der Waals surface area (Å²) in [4.78, 5) is 24.5. The second-order valence-corrected chi connectivity index (χ2v) is 7.67. The number of hydrogen-bond donors (Lipinski definition) is 1. The van der Waals surface area contributed by atoms with Gasteiger partial charge in [0.15, 0.2) is 10.9 Å². The summed E-state index contributed by atoms with van der Waals surface area (Å²) >= 11 is 1.25. The molecule has 0 saturated heterocycles. The highest BCUT2D eigenvalue weighted by Gasteiger charge is 2.19. The molecular formula is C23H20N4O4S. The topological polar surface area (TPSA) is 99.2 Å². The lowest BCUT2D eigenvalue weighted by Gasteiger charge is -2.11. The average Bonchev–Trinajstić information content (AvgIpc) is 3.48. The first-order valence-electron chi connectivity index (χ1n) is 9.76. The second-order valence-electron chi connectivity index (χ2n) is 6.73. The van der Waals surface area contributed by atoms with Gasteiger partial charge in [-0.25, -0.2) is 4.79 Å². The van der Waals surface area contributed by atoms with Gasteiger partial charge < -0.3 is 14.5 Å². The largest absolute Gasteiger partial charge is 0.465 e. The van der Waals surface area contributed by atoms with Crippen LogP contribution in [-0.4, -0.2) is 39.5 Å². The van der Waals surface area contributed by atoms with Crippen molar-refractivity contribution >= 4 is 29.3 Å². The molecule has 0 aliphatic rings. The Bertz CT molecular complexity index is 1210. The van der Waals surface area contributed by atoms with Gasteiger partial charge >= 0.3 is 5.97 Å². The minimum absolute atomic E-state index is 0.0839. The molecule has 1 N–H and O–H groups in total. The first-order chi connectivity index (χ1) is 15.7. The molecular weight excluding hydrogens is 428 g/mol. The number of nitrogens with one attached hydrogen (secondary N) is 1. The lowest BCUT2D eigenvalue weighted by Crippen LogP contribution is -2.17. The van der Waals surface area contributed by atoms with Gasteiger partial charge in [-0.05, 0) is 29.8 Å². The zero-order valence-electron chi connectivity index (χ0n) is 17.2. The maximum Gasteiger partial charge on any atom is 0.339 e. The summed E-state index contributed by atoms with van der Waals surface area (Å²) < 4.78 is 12.2. The highest BCUT2D eigenvalue weighted by Crippen LogP contribution is 2.26. The van der Waals surface area contributed by atoms with Crippen molar-refractivity contribution in [2.24, 2.45) is 0 Å². The molecule has 8 nitrogen and oxygen atoms in total. The number of nitrogens with zero attached hydrogens (tertiary/aromatic N) is 3. The number of carbonyl (C=O) groups is 2. The van der Waals surface area contributed by atoms with E-state index in [0.717, 1.165) is 5.56 Å². The van der Waals surface area contributed by atoms with Crippen molar-refractivity contribution in [3.05, 3.63) is 84.1 Å². The van der Waals surface area contributed by atoms with Crippen LogP contribution in [0.5, 0.6) is 0 Å². The summed E-state index contributed by atoms with van der Waals surface area (Å²) in [5.41, 5.74) is 1.76. The van der Waals surface area contributed by atoms with E-state index in [1.165, 1.54) is 18.9 Å². The standard InChI is InChI=1S/C23H20N4O4S/c1-30-22(29)17-10-5-6-11-18(17)24-20(28)15-32-23-26-25-21(19-12-7-13-31-19)27(23)14-16-8-3-2-4-9-16/h2-13H,14-15H2,1H3,(H,24,28). The van der Waals surface area contributed by atoms with Gasteiger partial charge in [-0.3, -0.25) is 9.36 Å². The number of carbonyl (C=O) groups excluding carboxylic acids is 2. The van der Waals surface area contributed by atoms with Crippen LogP contribution in [0.15, 0.2) is 82.6 Å². The number of ether oxygens (including phenoxy) is 1. The number of rotatable bonds is 8. The predicted octanol–water partition coefficient (Wildman–Crippen LogP) is 4.10. The summed E-state index contributed by atoms with van der Waals surface area (Å²) in [7, 11) is 1.30. The van der Waals surface area contributed by atoms with E-state index in [2.05, 4.69) is 15.5 Å². The zero-order valence-corrected chi connectivity index (χ0v) is 18.0. The van der Waals surface area contributed by atoms with Gasteiger partial charge in [-0.2, -0.15) is 0 Å². The number of anilines is 1. The molecule has 9 heteroatoms. The van der Waals surface area contributed by atoms with Crippen molar-refractivity contribution in [1.82, 2.24) is 14.8 Å². The molecule has 162 valence electrons. The molecule has 0 aliphatic heterocycles. The number of benzene rings is 2. The van der Waals surface area contributed by atoms with E-state index < -0.39 is 5.97 Å². The maximum atomic E-state index is 12.6. The smallest absolute Gasteiger partial charge is 0.339 e. The van der Waals surface area contributed by atoms with Gasteiger partial charge in [0.05, 0.1) is 36.9 Å². The number of amides is 1. The van der Waals surface area contributed by atoms with E-state index in [9.17, 15) is 9.59 Å². The van der Waals surface area contributed by atoms with Gasteiger partial charge in [-0.15, -0.1) is 10.2 Å². The minimum atomic E-state index is -0.515. The van der Waals surface area contributed by atoms with E-state index in [0.29, 0.717) is 34.5 Å². The van der Waals surface area contributed by atoms with Gasteiger partial charge in [0.2, 0.25) is 11.7 Å². The summed E-state index contributed by atoms with van der Waals surface area (Å²) in [5.74, 6) is 0.467. The normalized spacial score (nSPS) is 10.7. The molecule has 0 saturated carbocycles. The third kappa shape index (κ3) is 4.89. The lowest BCUT2D eigenvalue weighted by atomic mass is 10.2. The van der Waals surface area contributed by atoms with Gasteiger partial charge in [-0.1, -0.05) is 54.2 Å². The molecule has 0 bridgehead atoms. The van der Waals surface area contributed by atoms with E-state index in [1.54, 1.807) is 36.6 Å². The summed E-state index contributed by atoms with van der Waals surface area (Å²) in [5, 5.41) is 11.9. The van der Waals surface area contributed by atoms with Gasteiger partial charge in [0.1, 0.15) is 0 Å². The van der Waals surface area contributed by atoms with Crippen LogP contribution in [-0.2, 0) is 16.1 Å². The van der Waals surface area contributed by atoms with E-state index in [1.807, 2.05) is 41.0 Å². The van der Waals surface area contributed by atoms with Crippen molar-refractivity contribution in [2.45, 2.75) is 11.7 Å². The number of para-hydroxylation sites is 1. The van der Waals surface area contributed by atoms with Crippen molar-refractivity contribution in [1.29, 1.82) is 0 Å². The molecule has 0 unspecified atom stereocenters. The van der Waals surface area contributed by atoms with Crippen LogP contribution in [0, 0.1) is 0 Å². The van der Waals surface area contributed by atoms with Crippen LogP contribution in [0.25, 0.3) is 11.6 Å². The Morgan fingerprint density at radius 3 is 2.56 bits per heavy atom. The lowest BCUT2D eigenvalue weighted by molar-refractivity contribution is -0.113. The Morgan fingerprint density at radius 2 is 1.81 bits per heavy atom. The SMILES string of the molecule is COC(=O)c1ccccc1NC(=O)CSc1nnc(-c2ccco2)n1Cc1ccccc1. The number of thioether (sulfide) groups is 1. The molecule has 0 spiro atoms. The Morgan fingerprint density at radius 1 is 1.03 bits per heavy atom. The third-order valence-electron chi connectivity index (χ3n) is 4.58. The maximum absolute atomic E-state index is 12.6. The van der Waals surface area contributed by atoms with Crippen LogP contribution < -0.4 is 5.32 Å². The fraction of sp³-hybridized carbons (Fsp3) is 0.130. The van der Waals surface area contributed by atoms with Crippen LogP contribution in [0.3, 0.4) is 0 Å². The molecule has 2 aromatic carbocycles. The van der Waals surface area contributed by atoms with Crippen LogP contribution in [0.4, 0.5) is 5.69 Å². The molecule has 0 aliphatic carbocycles. The summed E-state index contributed by atoms with van der Waals surface area (Å²) in [6.07, 6.45) is 1.58. The molecule has 2 aromatic heterocycles. The second kappa shape index (κ2) is 9.97. The first-order valence-corrected chi connectivity index (χ1v) is 10.7. The van der Waals surface area contributed by atoms with E-state index in [-0.39, 0.29) is 11.7 Å². The Balaban J connectivity index is 1.51. The van der Waals surface area contributed by atoms with Gasteiger partial charge in [0.25, 0.3) is 0 Å². The fourth-order valence-electron chi connectivity index (χ4n) is 3.09. The Hall–Kier alpha value is -3.85. The Kier molecular flexibility index (Phi) is 6.66. The molecule has 0 fully saturated rings. The number of esters is 1. The van der Waals surface area contributed by atoms with Crippen molar-refractivity contribution in [2.75, 3.05) is 18.2 Å². The van der Waals surface area contributed by atoms with E-state index >= 15 is 0 Å². The summed E-state index contributed by atoms with van der Waals surface area (Å²) in [6, 6.07) is 20.2. The quantitative estimate of drug-likeness (QED) is 0.320. The molecule has 2 heterocycles. The number of aromatic nitrogens is 3. The van der Waals surface area contributed by atoms with Crippen LogP contribution >= 0.6 is 11.8 Å². The predicted molar refractivity (Wildman–Crippen MR) is 120 cm³/mol. The molecule has 32 heavy (non-hydrogen) atoms. The van der Waals surface area contributed by atoms with E-state index in [4.69, 9.17) is 9.15 Å².